The second kappa shape index (κ2) is 7.44. The maximum atomic E-state index is 11.8. The van der Waals surface area contributed by atoms with Gasteiger partial charge in [0.25, 0.3) is 5.91 Å². The minimum Gasteiger partial charge on any atom is -0.497 e. The molecule has 1 heterocycles. The molecule has 1 aliphatic rings. The molecule has 1 fully saturated rings. The third kappa shape index (κ3) is 3.91. The van der Waals surface area contributed by atoms with Crippen LogP contribution in [0.3, 0.4) is 0 Å². The molecule has 1 saturated carbocycles. The Labute approximate surface area is 143 Å². The molecule has 0 atom stereocenters. The zero-order chi connectivity index (χ0) is 16.9. The third-order valence-electron chi connectivity index (χ3n) is 3.92. The van der Waals surface area contributed by atoms with E-state index in [0.717, 1.165) is 36.3 Å². The van der Waals surface area contributed by atoms with Crippen molar-refractivity contribution in [1.82, 2.24) is 4.98 Å². The van der Waals surface area contributed by atoms with Crippen molar-refractivity contribution in [2.45, 2.75) is 19.3 Å². The molecule has 2 aromatic rings. The van der Waals surface area contributed by atoms with E-state index in [1.807, 2.05) is 29.6 Å². The molecule has 0 bridgehead atoms. The number of rotatable bonds is 6. The fourth-order valence-electron chi connectivity index (χ4n) is 2.28. The number of thiazole rings is 1. The summed E-state index contributed by atoms with van der Waals surface area (Å²) in [5.74, 6) is 0.0860. The fraction of sp³-hybridized carbons (Fsp3) is 0.353. The van der Waals surface area contributed by atoms with E-state index in [1.165, 1.54) is 11.3 Å². The number of amides is 1. The first-order valence-corrected chi connectivity index (χ1v) is 8.60. The molecule has 126 valence electrons. The van der Waals surface area contributed by atoms with Crippen LogP contribution in [0.25, 0.3) is 11.3 Å². The first kappa shape index (κ1) is 16.4. The molecule has 1 amide bonds. The summed E-state index contributed by atoms with van der Waals surface area (Å²) >= 11 is 1.32. The minimum atomic E-state index is -0.377. The van der Waals surface area contributed by atoms with Gasteiger partial charge in [-0.25, -0.2) is 4.98 Å². The number of esters is 1. The molecule has 0 saturated heterocycles. The van der Waals surface area contributed by atoms with Crippen molar-refractivity contribution >= 4 is 28.3 Å². The van der Waals surface area contributed by atoms with Crippen LogP contribution in [0.4, 0.5) is 5.13 Å². The lowest BCUT2D eigenvalue weighted by Crippen LogP contribution is -2.28. The van der Waals surface area contributed by atoms with E-state index < -0.39 is 0 Å². The summed E-state index contributed by atoms with van der Waals surface area (Å²) in [4.78, 5) is 27.8. The van der Waals surface area contributed by atoms with E-state index in [2.05, 4.69) is 10.3 Å². The number of anilines is 1. The van der Waals surface area contributed by atoms with Gasteiger partial charge in [0.2, 0.25) is 0 Å². The third-order valence-corrected chi connectivity index (χ3v) is 4.68. The maximum absolute atomic E-state index is 11.8. The predicted molar refractivity (Wildman–Crippen MR) is 91.0 cm³/mol. The molecule has 1 aromatic carbocycles. The monoisotopic (exact) mass is 346 g/mol. The molecule has 0 spiro atoms. The van der Waals surface area contributed by atoms with Crippen LogP contribution >= 0.6 is 11.3 Å². The molecule has 3 rings (SSSR count). The summed E-state index contributed by atoms with van der Waals surface area (Å²) in [6.45, 7) is -0.271. The highest BCUT2D eigenvalue weighted by atomic mass is 32.1. The van der Waals surface area contributed by atoms with E-state index in [4.69, 9.17) is 9.47 Å². The Morgan fingerprint density at radius 2 is 2.04 bits per heavy atom. The van der Waals surface area contributed by atoms with Gasteiger partial charge in [0.15, 0.2) is 11.7 Å². The molecule has 24 heavy (non-hydrogen) atoms. The van der Waals surface area contributed by atoms with E-state index in [9.17, 15) is 9.59 Å². The van der Waals surface area contributed by atoms with Gasteiger partial charge in [-0.3, -0.25) is 14.9 Å². The number of benzene rings is 1. The Morgan fingerprint density at radius 1 is 1.29 bits per heavy atom. The Morgan fingerprint density at radius 3 is 2.67 bits per heavy atom. The first-order chi connectivity index (χ1) is 11.7. The molecule has 6 nitrogen and oxygen atoms in total. The zero-order valence-corrected chi connectivity index (χ0v) is 14.1. The van der Waals surface area contributed by atoms with Gasteiger partial charge in [0, 0.05) is 10.9 Å². The zero-order valence-electron chi connectivity index (χ0n) is 13.3. The summed E-state index contributed by atoms with van der Waals surface area (Å²) < 4.78 is 10.1. The van der Waals surface area contributed by atoms with Crippen LogP contribution in [0.5, 0.6) is 5.75 Å². The molecular weight excluding hydrogens is 328 g/mol. The van der Waals surface area contributed by atoms with E-state index in [1.54, 1.807) is 7.11 Å². The van der Waals surface area contributed by atoms with E-state index in [-0.39, 0.29) is 24.4 Å². The molecule has 0 unspecified atom stereocenters. The Kier molecular flexibility index (Phi) is 5.10. The fourth-order valence-corrected chi connectivity index (χ4v) is 3.02. The topological polar surface area (TPSA) is 77.5 Å². The largest absolute Gasteiger partial charge is 0.497 e. The van der Waals surface area contributed by atoms with Crippen molar-refractivity contribution in [1.29, 1.82) is 0 Å². The molecule has 7 heteroatoms. The van der Waals surface area contributed by atoms with Crippen LogP contribution in [0.1, 0.15) is 19.3 Å². The molecule has 0 aliphatic heterocycles. The number of aromatic nitrogens is 1. The maximum Gasteiger partial charge on any atom is 0.309 e. The van der Waals surface area contributed by atoms with Gasteiger partial charge >= 0.3 is 5.97 Å². The lowest BCUT2D eigenvalue weighted by atomic mass is 9.86. The number of methoxy groups -OCH3 is 1. The number of ether oxygens (including phenoxy) is 2. The summed E-state index contributed by atoms with van der Waals surface area (Å²) in [6, 6.07) is 7.51. The number of hydrogen-bond donors (Lipinski definition) is 1. The van der Waals surface area contributed by atoms with Crippen molar-refractivity contribution < 1.29 is 19.1 Å². The van der Waals surface area contributed by atoms with Gasteiger partial charge < -0.3 is 9.47 Å². The second-order valence-corrected chi connectivity index (χ2v) is 6.41. The average Bonchev–Trinajstić information content (AvgIpc) is 3.00. The molecular formula is C17H18N2O4S. The lowest BCUT2D eigenvalue weighted by molar-refractivity contribution is -0.154. The van der Waals surface area contributed by atoms with Crippen molar-refractivity contribution in [3.8, 4) is 17.0 Å². The van der Waals surface area contributed by atoms with E-state index in [0.29, 0.717) is 5.13 Å². The normalized spacial score (nSPS) is 13.9. The van der Waals surface area contributed by atoms with Gasteiger partial charge in [-0.1, -0.05) is 6.42 Å². The number of carbonyl (C=O) groups excluding carboxylic acids is 2. The summed E-state index contributed by atoms with van der Waals surface area (Å²) in [6.07, 6.45) is 2.77. The van der Waals surface area contributed by atoms with Crippen molar-refractivity contribution in [3.05, 3.63) is 29.6 Å². The number of carbonyl (C=O) groups is 2. The van der Waals surface area contributed by atoms with Gasteiger partial charge in [-0.2, -0.15) is 0 Å². The molecule has 1 aliphatic carbocycles. The standard InChI is InChI=1S/C17H18N2O4S/c1-22-13-7-5-11(6-8-13)14-10-24-17(18-14)19-15(20)9-23-16(21)12-3-2-4-12/h5-8,10,12H,2-4,9H2,1H3,(H,18,19,20). The van der Waals surface area contributed by atoms with Gasteiger partial charge in [0.05, 0.1) is 18.7 Å². The second-order valence-electron chi connectivity index (χ2n) is 5.55. The Bertz CT molecular complexity index is 722. The number of nitrogens with one attached hydrogen (secondary N) is 1. The summed E-state index contributed by atoms with van der Waals surface area (Å²) in [5, 5.41) is 4.99. The van der Waals surface area contributed by atoms with Crippen molar-refractivity contribution in [2.24, 2.45) is 5.92 Å². The van der Waals surface area contributed by atoms with Gasteiger partial charge in [-0.15, -0.1) is 11.3 Å². The number of nitrogens with zero attached hydrogens (tertiary/aromatic N) is 1. The average molecular weight is 346 g/mol. The Hall–Kier alpha value is -2.41. The SMILES string of the molecule is COc1ccc(-c2csc(NC(=O)COC(=O)C3CCC3)n2)cc1. The van der Waals surface area contributed by atoms with Crippen LogP contribution in [0, 0.1) is 5.92 Å². The van der Waals surface area contributed by atoms with Crippen molar-refractivity contribution in [2.75, 3.05) is 19.0 Å². The quantitative estimate of drug-likeness (QED) is 0.813. The summed E-state index contributed by atoms with van der Waals surface area (Å²) in [5.41, 5.74) is 1.70. The molecule has 0 radical (unpaired) electrons. The van der Waals surface area contributed by atoms with Crippen LogP contribution in [-0.2, 0) is 14.3 Å². The highest BCUT2D eigenvalue weighted by Gasteiger charge is 2.27. The molecule has 1 N–H and O–H groups in total. The number of hydrogen-bond acceptors (Lipinski definition) is 6. The van der Waals surface area contributed by atoms with E-state index >= 15 is 0 Å². The smallest absolute Gasteiger partial charge is 0.309 e. The van der Waals surface area contributed by atoms with Crippen LogP contribution in [0.2, 0.25) is 0 Å². The highest BCUT2D eigenvalue weighted by molar-refractivity contribution is 7.14. The predicted octanol–water partition coefficient (Wildman–Crippen LogP) is 3.10. The molecule has 1 aromatic heterocycles. The van der Waals surface area contributed by atoms with Gasteiger partial charge in [-0.05, 0) is 37.1 Å². The lowest BCUT2D eigenvalue weighted by Gasteiger charge is -2.22. The Balaban J connectivity index is 1.52. The van der Waals surface area contributed by atoms with Crippen LogP contribution < -0.4 is 10.1 Å². The van der Waals surface area contributed by atoms with Crippen LogP contribution in [0.15, 0.2) is 29.6 Å². The minimum absolute atomic E-state index is 0.0284. The van der Waals surface area contributed by atoms with Crippen molar-refractivity contribution in [3.63, 3.8) is 0 Å². The first-order valence-electron chi connectivity index (χ1n) is 7.72. The highest BCUT2D eigenvalue weighted by Crippen LogP contribution is 2.28. The van der Waals surface area contributed by atoms with Crippen LogP contribution in [-0.4, -0.2) is 30.6 Å². The summed E-state index contributed by atoms with van der Waals surface area (Å²) in [7, 11) is 1.61. The van der Waals surface area contributed by atoms with Gasteiger partial charge in [0.1, 0.15) is 5.75 Å².